The van der Waals surface area contributed by atoms with Gasteiger partial charge in [-0.3, -0.25) is 4.79 Å². The van der Waals surface area contributed by atoms with Gasteiger partial charge in [-0.2, -0.15) is 0 Å². The maximum absolute atomic E-state index is 11.3. The molecule has 70 valence electrons. The van der Waals surface area contributed by atoms with Crippen molar-refractivity contribution in [3.8, 4) is 0 Å². The summed E-state index contributed by atoms with van der Waals surface area (Å²) < 4.78 is 0. The van der Waals surface area contributed by atoms with Crippen molar-refractivity contribution < 1.29 is 4.79 Å². The topological polar surface area (TPSA) is 17.1 Å². The highest BCUT2D eigenvalue weighted by atomic mass is 16.1. The van der Waals surface area contributed by atoms with Crippen molar-refractivity contribution in [1.82, 2.24) is 0 Å². The maximum atomic E-state index is 11.3. The number of ketones is 1. The zero-order valence-corrected chi connectivity index (χ0v) is 8.01. The fourth-order valence-electron chi connectivity index (χ4n) is 3.92. The molecule has 0 saturated heterocycles. The minimum absolute atomic E-state index is 0.508. The minimum atomic E-state index is 0.508. The van der Waals surface area contributed by atoms with Crippen LogP contribution in [-0.2, 0) is 4.79 Å². The third-order valence-electron chi connectivity index (χ3n) is 4.62. The lowest BCUT2D eigenvalue weighted by Crippen LogP contribution is -2.32. The summed E-state index contributed by atoms with van der Waals surface area (Å²) in [6, 6.07) is 0. The van der Waals surface area contributed by atoms with E-state index in [-0.39, 0.29) is 0 Å². The first-order valence-corrected chi connectivity index (χ1v) is 5.39. The van der Waals surface area contributed by atoms with E-state index in [2.05, 4.69) is 6.58 Å². The Morgan fingerprint density at radius 3 is 3.08 bits per heavy atom. The summed E-state index contributed by atoms with van der Waals surface area (Å²) in [6.07, 6.45) is 6.73. The van der Waals surface area contributed by atoms with E-state index in [9.17, 15) is 4.79 Å². The molecule has 3 saturated carbocycles. The van der Waals surface area contributed by atoms with Crippen LogP contribution in [0.4, 0.5) is 0 Å². The van der Waals surface area contributed by atoms with Gasteiger partial charge in [-0.05, 0) is 42.9 Å². The van der Waals surface area contributed by atoms with Gasteiger partial charge in [-0.1, -0.05) is 12.2 Å². The van der Waals surface area contributed by atoms with E-state index < -0.39 is 0 Å². The van der Waals surface area contributed by atoms with Crippen molar-refractivity contribution in [1.29, 1.82) is 0 Å². The first-order chi connectivity index (χ1) is 6.20. The summed E-state index contributed by atoms with van der Waals surface area (Å²) in [5, 5.41) is 0. The molecule has 3 rings (SSSR count). The smallest absolute Gasteiger partial charge is 0.133 e. The van der Waals surface area contributed by atoms with Crippen LogP contribution < -0.4 is 0 Å². The van der Waals surface area contributed by atoms with Crippen LogP contribution in [0.2, 0.25) is 0 Å². The van der Waals surface area contributed by atoms with Crippen LogP contribution in [0.25, 0.3) is 0 Å². The molecule has 13 heavy (non-hydrogen) atoms. The monoisotopic (exact) mass is 176 g/mol. The molecule has 3 fully saturated rings. The van der Waals surface area contributed by atoms with E-state index >= 15 is 0 Å². The summed E-state index contributed by atoms with van der Waals surface area (Å²) in [5.74, 6) is 2.01. The molecular formula is C12H16O. The molecule has 0 heterocycles. The van der Waals surface area contributed by atoms with Gasteiger partial charge in [0.2, 0.25) is 0 Å². The molecule has 0 aromatic heterocycles. The summed E-state index contributed by atoms with van der Waals surface area (Å²) in [7, 11) is 0. The Bertz CT molecular complexity index is 291. The second-order valence-electron chi connectivity index (χ2n) is 5.27. The van der Waals surface area contributed by atoms with Crippen LogP contribution in [0.15, 0.2) is 12.2 Å². The number of allylic oxidation sites excluding steroid dienone is 1. The molecule has 0 amide bonds. The van der Waals surface area contributed by atoms with Crippen LogP contribution in [0.5, 0.6) is 0 Å². The molecule has 1 nitrogen and oxygen atoms in total. The van der Waals surface area contributed by atoms with Gasteiger partial charge in [0.05, 0.1) is 0 Å². The fraction of sp³-hybridized carbons (Fsp3) is 0.750. The van der Waals surface area contributed by atoms with E-state index in [0.29, 0.717) is 11.2 Å². The van der Waals surface area contributed by atoms with E-state index in [1.807, 2.05) is 0 Å². The number of hydrogen-bond donors (Lipinski definition) is 0. The summed E-state index contributed by atoms with van der Waals surface area (Å²) in [4.78, 5) is 11.3. The van der Waals surface area contributed by atoms with E-state index in [0.717, 1.165) is 31.1 Å². The average molecular weight is 176 g/mol. The molecular weight excluding hydrogens is 160 g/mol. The summed E-state index contributed by atoms with van der Waals surface area (Å²) in [5.41, 5.74) is 2.01. The summed E-state index contributed by atoms with van der Waals surface area (Å²) >= 11 is 0. The number of carbonyl (C=O) groups excluding carboxylic acids is 1. The van der Waals surface area contributed by atoms with Gasteiger partial charge in [-0.25, -0.2) is 0 Å². The number of fused-ring (bicyclic) bond motifs is 1. The van der Waals surface area contributed by atoms with Crippen LogP contribution in [0.3, 0.4) is 0 Å². The highest BCUT2D eigenvalue weighted by Crippen LogP contribution is 2.64. The lowest BCUT2D eigenvalue weighted by atomic mass is 9.65. The molecule has 3 aliphatic carbocycles. The lowest BCUT2D eigenvalue weighted by Gasteiger charge is -2.38. The minimum Gasteiger partial charge on any atom is -0.300 e. The van der Waals surface area contributed by atoms with Gasteiger partial charge in [0.15, 0.2) is 0 Å². The normalized spacial score (nSPS) is 48.3. The average Bonchev–Trinajstić information content (AvgIpc) is 2.56. The zero-order chi connectivity index (χ0) is 9.05. The number of rotatable bonds is 0. The van der Waals surface area contributed by atoms with Crippen LogP contribution >= 0.6 is 0 Å². The predicted molar refractivity (Wildman–Crippen MR) is 51.3 cm³/mol. The molecule has 1 spiro atoms. The highest BCUT2D eigenvalue weighted by Gasteiger charge is 2.55. The molecule has 2 bridgehead atoms. The number of Topliss-reactive ketones (excluding diaryl/α,β-unsaturated/α-hetero) is 1. The van der Waals surface area contributed by atoms with Crippen molar-refractivity contribution in [2.45, 2.75) is 38.5 Å². The quantitative estimate of drug-likeness (QED) is 0.519. The SMILES string of the molecule is C=C1C[C@@]23CCC(=O)C[C@@H]2C[C@H]1C3. The first-order valence-electron chi connectivity index (χ1n) is 5.39. The second kappa shape index (κ2) is 2.26. The van der Waals surface area contributed by atoms with Crippen LogP contribution in [-0.4, -0.2) is 5.78 Å². The Labute approximate surface area is 79.2 Å². The number of hydrogen-bond acceptors (Lipinski definition) is 1. The Morgan fingerprint density at radius 2 is 2.31 bits per heavy atom. The fourth-order valence-corrected chi connectivity index (χ4v) is 3.92. The standard InChI is InChI=1S/C12H16O/c1-8-6-12-3-2-11(13)5-10(12)4-9(8)7-12/h9-10H,1-7H2/t9-,10-,12+/m0/s1. The molecule has 0 aromatic rings. The maximum Gasteiger partial charge on any atom is 0.133 e. The molecule has 0 aromatic carbocycles. The van der Waals surface area contributed by atoms with Gasteiger partial charge in [0.25, 0.3) is 0 Å². The van der Waals surface area contributed by atoms with Crippen molar-refractivity contribution in [2.24, 2.45) is 17.3 Å². The summed E-state index contributed by atoms with van der Waals surface area (Å²) in [6.45, 7) is 4.16. The van der Waals surface area contributed by atoms with Gasteiger partial charge in [-0.15, -0.1) is 0 Å². The molecule has 0 unspecified atom stereocenters. The molecule has 3 atom stereocenters. The van der Waals surface area contributed by atoms with Gasteiger partial charge >= 0.3 is 0 Å². The van der Waals surface area contributed by atoms with Crippen LogP contribution in [0.1, 0.15) is 38.5 Å². The predicted octanol–water partition coefficient (Wildman–Crippen LogP) is 2.71. The molecule has 3 aliphatic rings. The molecule has 0 radical (unpaired) electrons. The molecule has 1 heteroatoms. The third kappa shape index (κ3) is 0.905. The zero-order valence-electron chi connectivity index (χ0n) is 8.01. The van der Waals surface area contributed by atoms with Crippen molar-refractivity contribution in [3.05, 3.63) is 12.2 Å². The van der Waals surface area contributed by atoms with Gasteiger partial charge in [0, 0.05) is 12.8 Å². The lowest BCUT2D eigenvalue weighted by molar-refractivity contribution is -0.124. The second-order valence-corrected chi connectivity index (χ2v) is 5.27. The Balaban J connectivity index is 1.93. The highest BCUT2D eigenvalue weighted by molar-refractivity contribution is 5.80. The Morgan fingerprint density at radius 1 is 1.46 bits per heavy atom. The first kappa shape index (κ1) is 7.78. The van der Waals surface area contributed by atoms with E-state index in [1.54, 1.807) is 0 Å². The molecule has 0 aliphatic heterocycles. The van der Waals surface area contributed by atoms with Crippen molar-refractivity contribution in [2.75, 3.05) is 0 Å². The number of carbonyl (C=O) groups is 1. The van der Waals surface area contributed by atoms with E-state index in [1.165, 1.54) is 24.8 Å². The Kier molecular flexibility index (Phi) is 1.35. The van der Waals surface area contributed by atoms with Crippen molar-refractivity contribution in [3.63, 3.8) is 0 Å². The Hall–Kier alpha value is -0.590. The van der Waals surface area contributed by atoms with Gasteiger partial charge in [0.1, 0.15) is 5.78 Å². The van der Waals surface area contributed by atoms with Crippen LogP contribution in [0, 0.1) is 17.3 Å². The third-order valence-corrected chi connectivity index (χ3v) is 4.62. The van der Waals surface area contributed by atoms with Crippen molar-refractivity contribution >= 4 is 5.78 Å². The van der Waals surface area contributed by atoms with E-state index in [4.69, 9.17) is 0 Å². The molecule has 0 N–H and O–H groups in total. The largest absolute Gasteiger partial charge is 0.300 e. The van der Waals surface area contributed by atoms with Gasteiger partial charge < -0.3 is 0 Å².